The van der Waals surface area contributed by atoms with E-state index in [0.29, 0.717) is 24.3 Å². The van der Waals surface area contributed by atoms with Gasteiger partial charge in [0.15, 0.2) is 0 Å². The molecule has 0 spiro atoms. The van der Waals surface area contributed by atoms with Crippen LogP contribution >= 0.6 is 0 Å². The molecule has 6 nitrogen and oxygen atoms in total. The zero-order valence-corrected chi connectivity index (χ0v) is 16.1. The third kappa shape index (κ3) is 3.86. The number of anilines is 1. The van der Waals surface area contributed by atoms with Crippen LogP contribution in [0.1, 0.15) is 17.5 Å². The molecule has 1 atom stereocenters. The molecule has 146 valence electrons. The fraction of sp³-hybridized carbons (Fsp3) is 0.273. The first-order valence-electron chi connectivity index (χ1n) is 9.16. The number of carbonyl (C=O) groups excluding carboxylic acids is 1. The lowest BCUT2D eigenvalue weighted by molar-refractivity contribution is -0.120. The van der Waals surface area contributed by atoms with E-state index >= 15 is 0 Å². The monoisotopic (exact) mass is 379 g/mol. The van der Waals surface area contributed by atoms with E-state index in [1.54, 1.807) is 19.1 Å². The highest BCUT2D eigenvalue weighted by Gasteiger charge is 2.33. The summed E-state index contributed by atoms with van der Waals surface area (Å²) >= 11 is 0. The van der Waals surface area contributed by atoms with Gasteiger partial charge in [-0.3, -0.25) is 4.79 Å². The number of nitrogens with two attached hydrogens (primary N) is 1. The van der Waals surface area contributed by atoms with Gasteiger partial charge in [0.25, 0.3) is 0 Å². The molecular weight excluding hydrogens is 354 g/mol. The van der Waals surface area contributed by atoms with E-state index in [-0.39, 0.29) is 11.8 Å². The first-order valence-corrected chi connectivity index (χ1v) is 9.16. The highest BCUT2D eigenvalue weighted by Crippen LogP contribution is 2.33. The molecular formula is C22H25N3O3. The van der Waals surface area contributed by atoms with Crippen molar-refractivity contribution in [3.05, 3.63) is 59.8 Å². The van der Waals surface area contributed by atoms with Crippen LogP contribution in [0.25, 0.3) is 5.57 Å². The van der Waals surface area contributed by atoms with Crippen LogP contribution in [0.3, 0.4) is 0 Å². The van der Waals surface area contributed by atoms with Crippen molar-refractivity contribution in [2.45, 2.75) is 12.8 Å². The zero-order valence-electron chi connectivity index (χ0n) is 16.1. The number of hydrogen-bond donors (Lipinski definition) is 2. The van der Waals surface area contributed by atoms with Crippen LogP contribution in [0.5, 0.6) is 11.5 Å². The van der Waals surface area contributed by atoms with Crippen LogP contribution < -0.4 is 20.1 Å². The van der Waals surface area contributed by atoms with Crippen LogP contribution in [0, 0.1) is 11.3 Å². The Bertz CT molecular complexity index is 908. The summed E-state index contributed by atoms with van der Waals surface area (Å²) in [5.41, 5.74) is 8.76. The van der Waals surface area contributed by atoms with Gasteiger partial charge in [0, 0.05) is 47.8 Å². The van der Waals surface area contributed by atoms with Gasteiger partial charge in [-0.25, -0.2) is 0 Å². The Morgan fingerprint density at radius 1 is 1.25 bits per heavy atom. The molecule has 1 heterocycles. The number of carbonyl (C=O) groups is 1. The van der Waals surface area contributed by atoms with Crippen molar-refractivity contribution in [2.24, 2.45) is 11.7 Å². The van der Waals surface area contributed by atoms with Gasteiger partial charge in [-0.05, 0) is 42.7 Å². The predicted octanol–water partition coefficient (Wildman–Crippen LogP) is 3.25. The minimum absolute atomic E-state index is 0.0566. The number of benzene rings is 2. The SMILES string of the molecule is COc1cccc(CC2CCN(c3ccc(/C(C=N)=C/N)c(OC)c3)C2=O)c1. The van der Waals surface area contributed by atoms with Gasteiger partial charge in [0.2, 0.25) is 5.91 Å². The lowest BCUT2D eigenvalue weighted by atomic mass is 9.98. The minimum Gasteiger partial charge on any atom is -0.497 e. The first kappa shape index (κ1) is 19.5. The number of amides is 1. The Kier molecular flexibility index (Phi) is 5.99. The topological polar surface area (TPSA) is 88.6 Å². The Morgan fingerprint density at radius 3 is 2.75 bits per heavy atom. The molecule has 28 heavy (non-hydrogen) atoms. The molecule has 1 aliphatic rings. The fourth-order valence-corrected chi connectivity index (χ4v) is 3.57. The van der Waals surface area contributed by atoms with Gasteiger partial charge in [-0.1, -0.05) is 12.1 Å². The summed E-state index contributed by atoms with van der Waals surface area (Å²) in [6.07, 6.45) is 4.04. The van der Waals surface area contributed by atoms with Crippen molar-refractivity contribution in [3.8, 4) is 11.5 Å². The van der Waals surface area contributed by atoms with Crippen molar-refractivity contribution in [1.82, 2.24) is 0 Å². The number of nitrogens with one attached hydrogen (secondary N) is 1. The quantitative estimate of drug-likeness (QED) is 0.723. The molecule has 0 bridgehead atoms. The Morgan fingerprint density at radius 2 is 2.07 bits per heavy atom. The molecule has 3 N–H and O–H groups in total. The fourth-order valence-electron chi connectivity index (χ4n) is 3.57. The molecule has 0 radical (unpaired) electrons. The Labute approximate surface area is 165 Å². The smallest absolute Gasteiger partial charge is 0.230 e. The van der Waals surface area contributed by atoms with Gasteiger partial charge in [0.05, 0.1) is 14.2 Å². The third-order valence-corrected chi connectivity index (χ3v) is 5.08. The molecule has 1 fully saturated rings. The number of rotatable bonds is 7. The molecule has 0 saturated carbocycles. The molecule has 2 aromatic rings. The van der Waals surface area contributed by atoms with Gasteiger partial charge in [0.1, 0.15) is 11.5 Å². The van der Waals surface area contributed by atoms with Crippen LogP contribution in [-0.2, 0) is 11.2 Å². The van der Waals surface area contributed by atoms with Crippen molar-refractivity contribution >= 4 is 23.4 Å². The predicted molar refractivity (Wildman–Crippen MR) is 111 cm³/mol. The van der Waals surface area contributed by atoms with Gasteiger partial charge in [-0.15, -0.1) is 0 Å². The average Bonchev–Trinajstić information content (AvgIpc) is 3.09. The van der Waals surface area contributed by atoms with E-state index in [1.807, 2.05) is 42.5 Å². The molecule has 2 aromatic carbocycles. The Balaban J connectivity index is 1.79. The van der Waals surface area contributed by atoms with Crippen LogP contribution in [0.2, 0.25) is 0 Å². The number of hydrogen-bond acceptors (Lipinski definition) is 5. The molecule has 1 saturated heterocycles. The number of allylic oxidation sites excluding steroid dienone is 1. The summed E-state index contributed by atoms with van der Waals surface area (Å²) in [6.45, 7) is 0.667. The second-order valence-electron chi connectivity index (χ2n) is 6.68. The second-order valence-corrected chi connectivity index (χ2v) is 6.68. The summed E-state index contributed by atoms with van der Waals surface area (Å²) in [6, 6.07) is 13.4. The molecule has 0 aliphatic carbocycles. The largest absolute Gasteiger partial charge is 0.497 e. The van der Waals surface area contributed by atoms with E-state index in [0.717, 1.165) is 29.0 Å². The second kappa shape index (κ2) is 8.61. The van der Waals surface area contributed by atoms with E-state index in [2.05, 4.69) is 0 Å². The maximum absolute atomic E-state index is 13.0. The maximum atomic E-state index is 13.0. The van der Waals surface area contributed by atoms with E-state index < -0.39 is 0 Å². The molecule has 0 aromatic heterocycles. The van der Waals surface area contributed by atoms with Crippen molar-refractivity contribution in [2.75, 3.05) is 25.7 Å². The summed E-state index contributed by atoms with van der Waals surface area (Å²) in [5.74, 6) is 1.44. The number of methoxy groups -OCH3 is 2. The van der Waals surface area contributed by atoms with E-state index in [4.69, 9.17) is 20.6 Å². The van der Waals surface area contributed by atoms with E-state index in [9.17, 15) is 4.79 Å². The normalized spacial score (nSPS) is 16.9. The summed E-state index contributed by atoms with van der Waals surface area (Å²) in [5, 5.41) is 7.48. The van der Waals surface area contributed by atoms with Crippen molar-refractivity contribution < 1.29 is 14.3 Å². The third-order valence-electron chi connectivity index (χ3n) is 5.08. The van der Waals surface area contributed by atoms with E-state index in [1.165, 1.54) is 12.4 Å². The minimum atomic E-state index is -0.0566. The summed E-state index contributed by atoms with van der Waals surface area (Å²) < 4.78 is 10.7. The summed E-state index contributed by atoms with van der Waals surface area (Å²) in [7, 11) is 3.21. The molecule has 6 heteroatoms. The lowest BCUT2D eigenvalue weighted by Gasteiger charge is -2.19. The van der Waals surface area contributed by atoms with Gasteiger partial charge >= 0.3 is 0 Å². The zero-order chi connectivity index (χ0) is 20.1. The van der Waals surface area contributed by atoms with Crippen molar-refractivity contribution in [1.29, 1.82) is 5.41 Å². The molecule has 1 aliphatic heterocycles. The lowest BCUT2D eigenvalue weighted by Crippen LogP contribution is -2.27. The maximum Gasteiger partial charge on any atom is 0.230 e. The summed E-state index contributed by atoms with van der Waals surface area (Å²) in [4.78, 5) is 14.8. The first-order chi connectivity index (χ1) is 13.6. The van der Waals surface area contributed by atoms with Crippen LogP contribution in [-0.4, -0.2) is 32.9 Å². The molecule has 3 rings (SSSR count). The Hall–Kier alpha value is -3.28. The van der Waals surface area contributed by atoms with Crippen LogP contribution in [0.15, 0.2) is 48.7 Å². The molecule has 1 amide bonds. The highest BCUT2D eigenvalue weighted by atomic mass is 16.5. The van der Waals surface area contributed by atoms with Crippen molar-refractivity contribution in [3.63, 3.8) is 0 Å². The van der Waals surface area contributed by atoms with Gasteiger partial charge in [-0.2, -0.15) is 0 Å². The average molecular weight is 379 g/mol. The van der Waals surface area contributed by atoms with Gasteiger partial charge < -0.3 is 25.5 Å². The van der Waals surface area contributed by atoms with Crippen LogP contribution in [0.4, 0.5) is 5.69 Å². The number of nitrogens with zero attached hydrogens (tertiary/aromatic N) is 1. The standard InChI is InChI=1S/C22H25N3O3/c1-27-19-5-3-4-15(11-19)10-16-8-9-25(22(16)26)18-6-7-20(17(13-23)14-24)21(12-18)28-2/h3-7,11-14,16,23H,8-10,24H2,1-2H3/b17-14+,23-13?. The number of ether oxygens (including phenoxy) is 2. The molecule has 1 unspecified atom stereocenters. The highest BCUT2D eigenvalue weighted by molar-refractivity contribution is 6.09.